The number of hydrogen-bond donors (Lipinski definition) is 3. The molecule has 1 aromatic carbocycles. The highest BCUT2D eigenvalue weighted by molar-refractivity contribution is 5.94. The minimum absolute atomic E-state index is 0.00403. The van der Waals surface area contributed by atoms with Crippen LogP contribution in [-0.4, -0.2) is 28.0 Å². The molecule has 0 saturated heterocycles. The summed E-state index contributed by atoms with van der Waals surface area (Å²) in [6, 6.07) is 0.463. The lowest BCUT2D eigenvalue weighted by Gasteiger charge is -2.29. The van der Waals surface area contributed by atoms with Crippen LogP contribution in [0, 0.1) is 6.92 Å². The molecule has 174 valence electrons. The molecule has 1 amide bonds. The predicted octanol–water partition coefficient (Wildman–Crippen LogP) is 4.56. The number of carbonyl (C=O) groups is 1. The van der Waals surface area contributed by atoms with Crippen molar-refractivity contribution in [3.8, 4) is 0 Å². The van der Waals surface area contributed by atoms with E-state index in [1.54, 1.807) is 13.1 Å². The SMILES string of the molecule is Cc1cnc(NC2CCC(NC(=O)c3cc(C(F)(F)F)cc(C(F)(F)F)c3)CC2)nc1N. The fourth-order valence-electron chi connectivity index (χ4n) is 3.44. The van der Waals surface area contributed by atoms with Crippen LogP contribution in [0.4, 0.5) is 38.1 Å². The number of carbonyl (C=O) groups excluding carboxylic acids is 1. The van der Waals surface area contributed by atoms with Crippen molar-refractivity contribution in [1.29, 1.82) is 0 Å². The number of rotatable bonds is 4. The standard InChI is InChI=1S/C20H21F6N5O/c1-10-9-28-18(31-16(10)27)30-15-4-2-14(3-5-15)29-17(32)11-6-12(19(21,22)23)8-13(7-11)20(24,25)26/h6-9,14-15H,2-5H2,1H3,(H,29,32)(H3,27,28,30,31). The van der Waals surface area contributed by atoms with E-state index in [0.29, 0.717) is 49.6 Å². The number of alkyl halides is 6. The molecular weight excluding hydrogens is 440 g/mol. The minimum atomic E-state index is -5.01. The van der Waals surface area contributed by atoms with Gasteiger partial charge in [-0.25, -0.2) is 4.98 Å². The average Bonchev–Trinajstić information content (AvgIpc) is 2.70. The first-order valence-electron chi connectivity index (χ1n) is 9.79. The highest BCUT2D eigenvalue weighted by Crippen LogP contribution is 2.36. The number of nitrogens with one attached hydrogen (secondary N) is 2. The number of nitrogens with two attached hydrogens (primary N) is 1. The van der Waals surface area contributed by atoms with Gasteiger partial charge in [0.1, 0.15) is 5.82 Å². The number of nitrogens with zero attached hydrogens (tertiary/aromatic N) is 2. The van der Waals surface area contributed by atoms with Gasteiger partial charge in [0.25, 0.3) is 5.91 Å². The lowest BCUT2D eigenvalue weighted by atomic mass is 9.91. The zero-order valence-electron chi connectivity index (χ0n) is 16.9. The molecule has 2 aromatic rings. The smallest absolute Gasteiger partial charge is 0.383 e. The van der Waals surface area contributed by atoms with Crippen LogP contribution in [0.25, 0.3) is 0 Å². The number of amides is 1. The summed E-state index contributed by atoms with van der Waals surface area (Å²) in [5.74, 6) is -0.264. The maximum absolute atomic E-state index is 13.0. The molecule has 0 atom stereocenters. The van der Waals surface area contributed by atoms with Gasteiger partial charge in [-0.1, -0.05) is 0 Å². The van der Waals surface area contributed by atoms with Crippen LogP contribution in [-0.2, 0) is 12.4 Å². The molecular formula is C20H21F6N5O. The Hall–Kier alpha value is -3.05. The van der Waals surface area contributed by atoms with Crippen LogP contribution in [0.5, 0.6) is 0 Å². The summed E-state index contributed by atoms with van der Waals surface area (Å²) >= 11 is 0. The zero-order valence-corrected chi connectivity index (χ0v) is 16.9. The predicted molar refractivity (Wildman–Crippen MR) is 105 cm³/mol. The van der Waals surface area contributed by atoms with Crippen molar-refractivity contribution < 1.29 is 31.1 Å². The van der Waals surface area contributed by atoms with Gasteiger partial charge in [0, 0.05) is 29.4 Å². The fraction of sp³-hybridized carbons (Fsp3) is 0.450. The molecule has 0 unspecified atom stereocenters. The second kappa shape index (κ2) is 8.83. The minimum Gasteiger partial charge on any atom is -0.383 e. The van der Waals surface area contributed by atoms with Crippen LogP contribution in [0.1, 0.15) is 52.7 Å². The summed E-state index contributed by atoms with van der Waals surface area (Å²) in [6.07, 6.45) is -6.29. The average molecular weight is 461 g/mol. The van der Waals surface area contributed by atoms with Gasteiger partial charge < -0.3 is 16.4 Å². The summed E-state index contributed by atoms with van der Waals surface area (Å²) in [5.41, 5.74) is 2.76. The molecule has 0 bridgehead atoms. The monoisotopic (exact) mass is 461 g/mol. The third-order valence-corrected chi connectivity index (χ3v) is 5.26. The summed E-state index contributed by atoms with van der Waals surface area (Å²) in [6.45, 7) is 1.77. The molecule has 12 heteroatoms. The number of aryl methyl sites for hydroxylation is 1. The topological polar surface area (TPSA) is 92.9 Å². The van der Waals surface area contributed by atoms with Gasteiger partial charge in [-0.3, -0.25) is 4.79 Å². The molecule has 1 aliphatic rings. The Bertz CT molecular complexity index is 951. The van der Waals surface area contributed by atoms with E-state index in [1.165, 1.54) is 0 Å². The Morgan fingerprint density at radius 1 is 0.969 bits per heavy atom. The van der Waals surface area contributed by atoms with Crippen LogP contribution in [0.15, 0.2) is 24.4 Å². The molecule has 0 radical (unpaired) electrons. The number of hydrogen-bond acceptors (Lipinski definition) is 5. The van der Waals surface area contributed by atoms with Gasteiger partial charge in [0.2, 0.25) is 5.95 Å². The Morgan fingerprint density at radius 3 is 2.00 bits per heavy atom. The molecule has 0 spiro atoms. The molecule has 0 aliphatic heterocycles. The number of aromatic nitrogens is 2. The maximum atomic E-state index is 13.0. The Morgan fingerprint density at radius 2 is 1.50 bits per heavy atom. The lowest BCUT2D eigenvalue weighted by Crippen LogP contribution is -2.40. The molecule has 1 saturated carbocycles. The first-order chi connectivity index (χ1) is 14.8. The van der Waals surface area contributed by atoms with Crippen LogP contribution >= 0.6 is 0 Å². The highest BCUT2D eigenvalue weighted by atomic mass is 19.4. The van der Waals surface area contributed by atoms with Crippen molar-refractivity contribution in [1.82, 2.24) is 15.3 Å². The lowest BCUT2D eigenvalue weighted by molar-refractivity contribution is -0.143. The molecule has 3 rings (SSSR count). The van der Waals surface area contributed by atoms with E-state index in [0.717, 1.165) is 5.56 Å². The summed E-state index contributed by atoms with van der Waals surface area (Å²) in [7, 11) is 0. The molecule has 1 fully saturated rings. The number of anilines is 2. The number of nitrogen functional groups attached to an aromatic ring is 1. The van der Waals surface area contributed by atoms with Gasteiger partial charge in [-0.05, 0) is 50.8 Å². The zero-order chi connectivity index (χ0) is 23.7. The normalized spacial score (nSPS) is 19.5. The van der Waals surface area contributed by atoms with Crippen molar-refractivity contribution in [2.45, 2.75) is 57.0 Å². The summed E-state index contributed by atoms with van der Waals surface area (Å²) < 4.78 is 78.0. The largest absolute Gasteiger partial charge is 0.416 e. The van der Waals surface area contributed by atoms with Crippen molar-refractivity contribution in [2.75, 3.05) is 11.1 Å². The first-order valence-corrected chi connectivity index (χ1v) is 9.79. The van der Waals surface area contributed by atoms with E-state index in [-0.39, 0.29) is 18.2 Å². The fourth-order valence-corrected chi connectivity index (χ4v) is 3.44. The molecule has 4 N–H and O–H groups in total. The Labute approximate surface area is 179 Å². The van der Waals surface area contributed by atoms with Crippen LogP contribution in [0.2, 0.25) is 0 Å². The van der Waals surface area contributed by atoms with E-state index in [9.17, 15) is 31.1 Å². The number of benzene rings is 1. The van der Waals surface area contributed by atoms with Gasteiger partial charge in [0.15, 0.2) is 0 Å². The van der Waals surface area contributed by atoms with E-state index < -0.39 is 35.0 Å². The highest BCUT2D eigenvalue weighted by Gasteiger charge is 2.37. The molecule has 1 aliphatic carbocycles. The second-order valence-electron chi connectivity index (χ2n) is 7.72. The quantitative estimate of drug-likeness (QED) is 0.581. The molecule has 6 nitrogen and oxygen atoms in total. The summed E-state index contributed by atoms with van der Waals surface area (Å²) in [4.78, 5) is 20.7. The second-order valence-corrected chi connectivity index (χ2v) is 7.72. The summed E-state index contributed by atoms with van der Waals surface area (Å²) in [5, 5.41) is 5.68. The Kier molecular flexibility index (Phi) is 6.51. The van der Waals surface area contributed by atoms with E-state index in [2.05, 4.69) is 20.6 Å². The molecule has 32 heavy (non-hydrogen) atoms. The van der Waals surface area contributed by atoms with Crippen molar-refractivity contribution in [2.24, 2.45) is 0 Å². The van der Waals surface area contributed by atoms with E-state index in [4.69, 9.17) is 5.73 Å². The van der Waals surface area contributed by atoms with Gasteiger partial charge in [-0.15, -0.1) is 0 Å². The Balaban J connectivity index is 1.64. The third-order valence-electron chi connectivity index (χ3n) is 5.26. The third kappa shape index (κ3) is 5.80. The van der Waals surface area contributed by atoms with Crippen molar-refractivity contribution >= 4 is 17.7 Å². The maximum Gasteiger partial charge on any atom is 0.416 e. The van der Waals surface area contributed by atoms with Gasteiger partial charge in [0.05, 0.1) is 11.1 Å². The first kappa shape index (κ1) is 23.6. The van der Waals surface area contributed by atoms with Gasteiger partial charge >= 0.3 is 12.4 Å². The van der Waals surface area contributed by atoms with E-state index in [1.807, 2.05) is 0 Å². The molecule has 1 aromatic heterocycles. The van der Waals surface area contributed by atoms with Crippen LogP contribution in [0.3, 0.4) is 0 Å². The number of halogens is 6. The molecule has 1 heterocycles. The van der Waals surface area contributed by atoms with Crippen molar-refractivity contribution in [3.05, 3.63) is 46.6 Å². The van der Waals surface area contributed by atoms with Crippen molar-refractivity contribution in [3.63, 3.8) is 0 Å². The van der Waals surface area contributed by atoms with E-state index >= 15 is 0 Å². The van der Waals surface area contributed by atoms with Crippen LogP contribution < -0.4 is 16.4 Å². The van der Waals surface area contributed by atoms with Gasteiger partial charge in [-0.2, -0.15) is 31.3 Å².